The number of hydrogen-bond acceptors (Lipinski definition) is 5. The number of carbonyl (C=O) groups excluding carboxylic acids is 1. The van der Waals surface area contributed by atoms with Gasteiger partial charge in [-0.3, -0.25) is 9.78 Å². The topological polar surface area (TPSA) is 80.5 Å². The standard InChI is InChI=1S/C12H13N3O.C10H17NO/c13-6-11-10(9-2-1-5-14-7-9)8-15(16)12(11)3-4-12;1-8-6-7-9-4-2-3-5-10(12)11(8)9/h1-2,5,7,10-11,16H,3-4,8H2;8-9H,2-7H2,1H3/t10-,11-;8-,9+/m01/s1. The second kappa shape index (κ2) is 7.81. The summed E-state index contributed by atoms with van der Waals surface area (Å²) in [6.07, 6.45) is 12.2. The molecule has 1 aliphatic carbocycles. The van der Waals surface area contributed by atoms with Gasteiger partial charge < -0.3 is 10.1 Å². The number of hydrogen-bond donors (Lipinski definition) is 1. The highest BCUT2D eigenvalue weighted by molar-refractivity contribution is 5.77. The minimum Gasteiger partial charge on any atom is -0.337 e. The van der Waals surface area contributed by atoms with Crippen LogP contribution in [-0.4, -0.2) is 50.2 Å². The second-order valence-corrected chi connectivity index (χ2v) is 8.81. The third-order valence-corrected chi connectivity index (χ3v) is 7.13. The second-order valence-electron chi connectivity index (χ2n) is 8.81. The molecule has 1 saturated carbocycles. The van der Waals surface area contributed by atoms with Gasteiger partial charge in [0.15, 0.2) is 0 Å². The van der Waals surface area contributed by atoms with Gasteiger partial charge in [-0.25, -0.2) is 0 Å². The first-order valence-corrected chi connectivity index (χ1v) is 10.6. The zero-order valence-corrected chi connectivity index (χ0v) is 16.6. The monoisotopic (exact) mass is 382 g/mol. The summed E-state index contributed by atoms with van der Waals surface area (Å²) in [5.74, 6) is 0.385. The average molecular weight is 383 g/mol. The van der Waals surface area contributed by atoms with Crippen LogP contribution in [-0.2, 0) is 4.79 Å². The molecule has 0 unspecified atom stereocenters. The summed E-state index contributed by atoms with van der Waals surface area (Å²) in [7, 11) is 0. The Balaban J connectivity index is 0.000000143. The fourth-order valence-corrected chi connectivity index (χ4v) is 5.40. The molecule has 28 heavy (non-hydrogen) atoms. The van der Waals surface area contributed by atoms with Crippen molar-refractivity contribution in [1.29, 1.82) is 5.26 Å². The Bertz CT molecular complexity index is 743. The Morgan fingerprint density at radius 1 is 1.29 bits per heavy atom. The van der Waals surface area contributed by atoms with Crippen molar-refractivity contribution < 1.29 is 10.0 Å². The minimum absolute atomic E-state index is 0.0891. The van der Waals surface area contributed by atoms with Gasteiger partial charge in [0.2, 0.25) is 5.91 Å². The van der Waals surface area contributed by atoms with Crippen LogP contribution in [0.25, 0.3) is 0 Å². The lowest BCUT2D eigenvalue weighted by atomic mass is 9.86. The Morgan fingerprint density at radius 3 is 2.79 bits per heavy atom. The molecule has 1 amide bonds. The van der Waals surface area contributed by atoms with Crippen molar-refractivity contribution in [3.8, 4) is 6.07 Å². The third kappa shape index (κ3) is 3.42. The van der Waals surface area contributed by atoms with Gasteiger partial charge in [-0.15, -0.1) is 0 Å². The van der Waals surface area contributed by atoms with Crippen molar-refractivity contribution in [3.63, 3.8) is 0 Å². The lowest BCUT2D eigenvalue weighted by Gasteiger charge is -2.26. The van der Waals surface area contributed by atoms with Crippen LogP contribution in [0.5, 0.6) is 0 Å². The van der Waals surface area contributed by atoms with E-state index in [1.165, 1.54) is 30.7 Å². The van der Waals surface area contributed by atoms with Crippen LogP contribution in [0.3, 0.4) is 0 Å². The number of aromatic nitrogens is 1. The van der Waals surface area contributed by atoms with E-state index in [2.05, 4.69) is 22.9 Å². The molecule has 1 aromatic heterocycles. The van der Waals surface area contributed by atoms with Gasteiger partial charge in [0.25, 0.3) is 0 Å². The van der Waals surface area contributed by atoms with Gasteiger partial charge in [-0.2, -0.15) is 10.3 Å². The Kier molecular flexibility index (Phi) is 5.39. The zero-order valence-electron chi connectivity index (χ0n) is 16.6. The summed E-state index contributed by atoms with van der Waals surface area (Å²) >= 11 is 0. The van der Waals surface area contributed by atoms with E-state index in [-0.39, 0.29) is 17.4 Å². The Labute approximate surface area is 167 Å². The van der Waals surface area contributed by atoms with Gasteiger partial charge in [0, 0.05) is 43.4 Å². The van der Waals surface area contributed by atoms with E-state index in [4.69, 9.17) is 0 Å². The highest BCUT2D eigenvalue weighted by Gasteiger charge is 2.62. The third-order valence-electron chi connectivity index (χ3n) is 7.13. The number of fused-ring (bicyclic) bond motifs is 1. The van der Waals surface area contributed by atoms with E-state index >= 15 is 0 Å². The van der Waals surface area contributed by atoms with Gasteiger partial charge in [0.05, 0.1) is 17.5 Å². The van der Waals surface area contributed by atoms with Gasteiger partial charge in [-0.1, -0.05) is 12.5 Å². The molecular formula is C22H30N4O2. The molecule has 4 aliphatic rings. The molecule has 4 heterocycles. The van der Waals surface area contributed by atoms with Crippen molar-refractivity contribution in [2.75, 3.05) is 6.54 Å². The lowest BCUT2D eigenvalue weighted by Crippen LogP contribution is -2.38. The van der Waals surface area contributed by atoms with Crippen molar-refractivity contribution in [1.82, 2.24) is 14.9 Å². The van der Waals surface area contributed by atoms with Crippen LogP contribution in [0.15, 0.2) is 24.5 Å². The number of nitriles is 1. The molecule has 1 N–H and O–H groups in total. The normalized spacial score (nSPS) is 33.6. The average Bonchev–Trinajstić information content (AvgIpc) is 3.39. The summed E-state index contributed by atoms with van der Waals surface area (Å²) in [5, 5.41) is 20.6. The highest BCUT2D eigenvalue weighted by Crippen LogP contribution is 2.56. The molecule has 150 valence electrons. The number of pyridine rings is 1. The Morgan fingerprint density at radius 2 is 2.11 bits per heavy atom. The molecule has 6 heteroatoms. The number of hydroxylamine groups is 2. The fraction of sp³-hybridized carbons (Fsp3) is 0.682. The van der Waals surface area contributed by atoms with Gasteiger partial charge >= 0.3 is 0 Å². The minimum atomic E-state index is -0.255. The first-order chi connectivity index (χ1) is 13.6. The summed E-state index contributed by atoms with van der Waals surface area (Å²) in [6, 6.07) is 7.33. The summed E-state index contributed by atoms with van der Waals surface area (Å²) in [6.45, 7) is 2.73. The van der Waals surface area contributed by atoms with E-state index < -0.39 is 0 Å². The smallest absolute Gasteiger partial charge is 0.223 e. The molecule has 3 saturated heterocycles. The molecule has 5 rings (SSSR count). The maximum atomic E-state index is 11.6. The van der Waals surface area contributed by atoms with E-state index in [9.17, 15) is 15.3 Å². The maximum absolute atomic E-state index is 11.6. The molecule has 4 fully saturated rings. The fourth-order valence-electron chi connectivity index (χ4n) is 5.40. The SMILES string of the molecule is C[C@@H]1CC[C@@H]2CCCCC(=O)N21.N#C[C@H]1[C@H](c2cccnc2)CN(O)C12CC2. The Hall–Kier alpha value is -1.97. The molecular weight excluding hydrogens is 352 g/mol. The molecule has 0 bridgehead atoms. The zero-order chi connectivity index (χ0) is 19.7. The number of nitrogens with zero attached hydrogens (tertiary/aromatic N) is 4. The molecule has 0 aromatic carbocycles. The summed E-state index contributed by atoms with van der Waals surface area (Å²) < 4.78 is 0. The number of rotatable bonds is 1. The van der Waals surface area contributed by atoms with Crippen LogP contribution >= 0.6 is 0 Å². The summed E-state index contributed by atoms with van der Waals surface area (Å²) in [4.78, 5) is 17.9. The molecule has 3 aliphatic heterocycles. The first kappa shape index (κ1) is 19.4. The predicted octanol–water partition coefficient (Wildman–Crippen LogP) is 3.48. The van der Waals surface area contributed by atoms with Crippen molar-refractivity contribution in [2.24, 2.45) is 5.92 Å². The van der Waals surface area contributed by atoms with Crippen molar-refractivity contribution in [2.45, 2.75) is 81.8 Å². The van der Waals surface area contributed by atoms with Gasteiger partial charge in [-0.05, 0) is 57.1 Å². The molecule has 1 aromatic rings. The lowest BCUT2D eigenvalue weighted by molar-refractivity contribution is -0.133. The molecule has 6 nitrogen and oxygen atoms in total. The van der Waals surface area contributed by atoms with Crippen LogP contribution in [0, 0.1) is 17.2 Å². The van der Waals surface area contributed by atoms with E-state index in [0.29, 0.717) is 24.5 Å². The highest BCUT2D eigenvalue weighted by atomic mass is 16.5. The predicted molar refractivity (Wildman–Crippen MR) is 104 cm³/mol. The van der Waals surface area contributed by atoms with Crippen molar-refractivity contribution >= 4 is 5.91 Å². The molecule has 4 atom stereocenters. The van der Waals surface area contributed by atoms with Crippen LogP contribution < -0.4 is 0 Å². The number of amides is 1. The van der Waals surface area contributed by atoms with E-state index in [1.54, 1.807) is 12.4 Å². The van der Waals surface area contributed by atoms with Crippen LogP contribution in [0.2, 0.25) is 0 Å². The summed E-state index contributed by atoms with van der Waals surface area (Å²) in [5.41, 5.74) is 0.798. The largest absolute Gasteiger partial charge is 0.337 e. The first-order valence-electron chi connectivity index (χ1n) is 10.6. The quantitative estimate of drug-likeness (QED) is 0.804. The van der Waals surface area contributed by atoms with E-state index in [1.807, 2.05) is 12.1 Å². The van der Waals surface area contributed by atoms with Crippen LogP contribution in [0.4, 0.5) is 0 Å². The van der Waals surface area contributed by atoms with E-state index in [0.717, 1.165) is 31.2 Å². The molecule has 0 radical (unpaired) electrons. The van der Waals surface area contributed by atoms with Gasteiger partial charge in [0.1, 0.15) is 0 Å². The molecule has 1 spiro atoms. The van der Waals surface area contributed by atoms with Crippen molar-refractivity contribution in [3.05, 3.63) is 30.1 Å². The maximum Gasteiger partial charge on any atom is 0.223 e. The van der Waals surface area contributed by atoms with Crippen LogP contribution in [0.1, 0.15) is 69.8 Å². The number of carbonyl (C=O) groups is 1.